The van der Waals surface area contributed by atoms with Gasteiger partial charge >= 0.3 is 5.97 Å². The molecule has 0 spiro atoms. The first-order chi connectivity index (χ1) is 5.52. The Morgan fingerprint density at radius 3 is 2.42 bits per heavy atom. The van der Waals surface area contributed by atoms with Gasteiger partial charge in [0.15, 0.2) is 0 Å². The number of carboxylic acid groups (broad SMARTS) is 1. The highest BCUT2D eigenvalue weighted by Gasteiger charge is 2.37. The number of rotatable bonds is 1. The van der Waals surface area contributed by atoms with Gasteiger partial charge in [-0.3, -0.25) is 4.79 Å². The van der Waals surface area contributed by atoms with Crippen molar-refractivity contribution in [3.05, 3.63) is 0 Å². The molecule has 2 atom stereocenters. The van der Waals surface area contributed by atoms with E-state index in [0.29, 0.717) is 0 Å². The van der Waals surface area contributed by atoms with Gasteiger partial charge < -0.3 is 15.1 Å². The summed E-state index contributed by atoms with van der Waals surface area (Å²) in [6, 6.07) is -0.850. The van der Waals surface area contributed by atoms with Crippen LogP contribution in [0.1, 0.15) is 13.3 Å². The van der Waals surface area contributed by atoms with Crippen molar-refractivity contribution in [3.8, 4) is 0 Å². The molecule has 68 valence electrons. The number of aliphatic carboxylic acids is 1. The molecule has 0 bridgehead atoms. The van der Waals surface area contributed by atoms with E-state index in [-0.39, 0.29) is 18.9 Å². The van der Waals surface area contributed by atoms with Crippen molar-refractivity contribution in [1.82, 2.24) is 4.90 Å². The van der Waals surface area contributed by atoms with Crippen LogP contribution >= 0.6 is 0 Å². The highest BCUT2D eigenvalue weighted by atomic mass is 16.4. The van der Waals surface area contributed by atoms with E-state index in [1.807, 2.05) is 0 Å². The van der Waals surface area contributed by atoms with Crippen molar-refractivity contribution in [2.75, 3.05) is 6.54 Å². The van der Waals surface area contributed by atoms with Gasteiger partial charge in [0, 0.05) is 19.9 Å². The summed E-state index contributed by atoms with van der Waals surface area (Å²) in [5, 5.41) is 17.8. The van der Waals surface area contributed by atoms with Crippen LogP contribution in [0.15, 0.2) is 0 Å². The minimum absolute atomic E-state index is 0.131. The molecule has 1 heterocycles. The van der Waals surface area contributed by atoms with Crippen molar-refractivity contribution in [3.63, 3.8) is 0 Å². The van der Waals surface area contributed by atoms with Crippen LogP contribution in [0.4, 0.5) is 0 Å². The lowest BCUT2D eigenvalue weighted by Crippen LogP contribution is -2.39. The summed E-state index contributed by atoms with van der Waals surface area (Å²) in [6.45, 7) is 1.43. The fraction of sp³-hybridized carbons (Fsp3) is 0.714. The second-order valence-corrected chi connectivity index (χ2v) is 2.91. The van der Waals surface area contributed by atoms with E-state index < -0.39 is 18.1 Å². The second-order valence-electron chi connectivity index (χ2n) is 2.91. The molecule has 0 aromatic rings. The summed E-state index contributed by atoms with van der Waals surface area (Å²) in [7, 11) is 0. The molecule has 1 unspecified atom stereocenters. The van der Waals surface area contributed by atoms with Gasteiger partial charge in [-0.05, 0) is 0 Å². The van der Waals surface area contributed by atoms with Gasteiger partial charge in [0.25, 0.3) is 0 Å². The van der Waals surface area contributed by atoms with Gasteiger partial charge in [0.05, 0.1) is 6.10 Å². The number of aliphatic hydroxyl groups is 1. The predicted octanol–water partition coefficient (Wildman–Crippen LogP) is -0.947. The van der Waals surface area contributed by atoms with E-state index in [1.165, 1.54) is 11.8 Å². The monoisotopic (exact) mass is 173 g/mol. The zero-order chi connectivity index (χ0) is 9.30. The first-order valence-electron chi connectivity index (χ1n) is 3.70. The molecule has 1 aliphatic rings. The van der Waals surface area contributed by atoms with Gasteiger partial charge in [0.1, 0.15) is 6.04 Å². The van der Waals surface area contributed by atoms with Crippen molar-refractivity contribution in [2.24, 2.45) is 0 Å². The van der Waals surface area contributed by atoms with E-state index in [0.717, 1.165) is 0 Å². The predicted molar refractivity (Wildman–Crippen MR) is 39.4 cm³/mol. The number of aliphatic hydroxyl groups excluding tert-OH is 1. The summed E-state index contributed by atoms with van der Waals surface area (Å²) in [6.07, 6.45) is -0.565. The minimum atomic E-state index is -1.05. The lowest BCUT2D eigenvalue weighted by Gasteiger charge is -2.18. The number of carbonyl (C=O) groups is 2. The quantitative estimate of drug-likeness (QED) is 0.536. The maximum Gasteiger partial charge on any atom is 0.326 e. The third kappa shape index (κ3) is 1.55. The average molecular weight is 173 g/mol. The van der Waals surface area contributed by atoms with Gasteiger partial charge in [-0.25, -0.2) is 4.79 Å². The Morgan fingerprint density at radius 1 is 1.50 bits per heavy atom. The summed E-state index contributed by atoms with van der Waals surface area (Å²) >= 11 is 0. The van der Waals surface area contributed by atoms with Crippen molar-refractivity contribution in [2.45, 2.75) is 25.5 Å². The van der Waals surface area contributed by atoms with E-state index in [2.05, 4.69) is 0 Å². The number of nitrogens with zero attached hydrogens (tertiary/aromatic N) is 1. The average Bonchev–Trinajstić information content (AvgIpc) is 2.31. The molecule has 1 amide bonds. The van der Waals surface area contributed by atoms with Gasteiger partial charge in [-0.15, -0.1) is 0 Å². The number of hydrogen-bond acceptors (Lipinski definition) is 3. The number of amides is 1. The molecule has 5 nitrogen and oxygen atoms in total. The number of carbonyl (C=O) groups excluding carboxylic acids is 1. The highest BCUT2D eigenvalue weighted by molar-refractivity contribution is 5.83. The van der Waals surface area contributed by atoms with Crippen molar-refractivity contribution in [1.29, 1.82) is 0 Å². The van der Waals surface area contributed by atoms with Gasteiger partial charge in [0.2, 0.25) is 5.91 Å². The van der Waals surface area contributed by atoms with Crippen molar-refractivity contribution >= 4 is 11.9 Å². The molecule has 0 aromatic carbocycles. The molecule has 0 radical (unpaired) electrons. The summed E-state index contributed by atoms with van der Waals surface area (Å²) in [5.74, 6) is -1.36. The minimum Gasteiger partial charge on any atom is -0.480 e. The Labute approximate surface area is 69.6 Å². The molecular formula is C7H11NO4. The maximum atomic E-state index is 10.9. The lowest BCUT2D eigenvalue weighted by molar-refractivity contribution is -0.147. The van der Waals surface area contributed by atoms with E-state index in [9.17, 15) is 9.59 Å². The fourth-order valence-electron chi connectivity index (χ4n) is 1.40. The first kappa shape index (κ1) is 8.99. The number of likely N-dealkylation sites (tertiary alicyclic amines) is 1. The number of β-amino-alcohol motifs (C(OH)–C–C–N with tert-alkyl or cyclic N) is 1. The Kier molecular flexibility index (Phi) is 2.32. The molecule has 0 saturated carbocycles. The van der Waals surface area contributed by atoms with Crippen LogP contribution in [0.5, 0.6) is 0 Å². The van der Waals surface area contributed by atoms with Crippen LogP contribution < -0.4 is 0 Å². The SMILES string of the molecule is CC(=O)N1CC(O)C[C@H]1C(=O)O. The molecular weight excluding hydrogens is 162 g/mol. The zero-order valence-electron chi connectivity index (χ0n) is 6.73. The lowest BCUT2D eigenvalue weighted by atomic mass is 10.2. The summed E-state index contributed by atoms with van der Waals surface area (Å²) in [5.41, 5.74) is 0. The highest BCUT2D eigenvalue weighted by Crippen LogP contribution is 2.17. The van der Waals surface area contributed by atoms with Crippen LogP contribution in [0, 0.1) is 0 Å². The number of hydrogen-bond donors (Lipinski definition) is 2. The van der Waals surface area contributed by atoms with E-state index >= 15 is 0 Å². The smallest absolute Gasteiger partial charge is 0.326 e. The zero-order valence-corrected chi connectivity index (χ0v) is 6.73. The van der Waals surface area contributed by atoms with E-state index in [1.54, 1.807) is 0 Å². The molecule has 0 aromatic heterocycles. The molecule has 5 heteroatoms. The Balaban J connectivity index is 2.72. The molecule has 1 fully saturated rings. The fourth-order valence-corrected chi connectivity index (χ4v) is 1.40. The van der Waals surface area contributed by atoms with Crippen molar-refractivity contribution < 1.29 is 19.8 Å². The second kappa shape index (κ2) is 3.10. The standard InChI is InChI=1S/C7H11NO4/c1-4(9)8-3-5(10)2-6(8)7(11)12/h5-6,10H,2-3H2,1H3,(H,11,12)/t5?,6-/m0/s1. The maximum absolute atomic E-state index is 10.9. The largest absolute Gasteiger partial charge is 0.480 e. The van der Waals surface area contributed by atoms with Crippen LogP contribution in [-0.2, 0) is 9.59 Å². The first-order valence-corrected chi connectivity index (χ1v) is 3.70. The summed E-state index contributed by atoms with van der Waals surface area (Å²) in [4.78, 5) is 22.6. The van der Waals surface area contributed by atoms with Crippen LogP contribution in [0.25, 0.3) is 0 Å². The van der Waals surface area contributed by atoms with Gasteiger partial charge in [-0.2, -0.15) is 0 Å². The number of carboxylic acids is 1. The third-order valence-electron chi connectivity index (χ3n) is 1.97. The summed E-state index contributed by atoms with van der Waals surface area (Å²) < 4.78 is 0. The Bertz CT molecular complexity index is 193. The topological polar surface area (TPSA) is 77.8 Å². The molecule has 2 N–H and O–H groups in total. The van der Waals surface area contributed by atoms with Crippen LogP contribution in [-0.4, -0.2) is 45.7 Å². The Morgan fingerprint density at radius 2 is 2.08 bits per heavy atom. The van der Waals surface area contributed by atoms with Crippen LogP contribution in [0.2, 0.25) is 0 Å². The normalized spacial score (nSPS) is 29.0. The molecule has 12 heavy (non-hydrogen) atoms. The molecule has 1 rings (SSSR count). The third-order valence-corrected chi connectivity index (χ3v) is 1.97. The van der Waals surface area contributed by atoms with Crippen LogP contribution in [0.3, 0.4) is 0 Å². The van der Waals surface area contributed by atoms with Gasteiger partial charge in [-0.1, -0.05) is 0 Å². The van der Waals surface area contributed by atoms with E-state index in [4.69, 9.17) is 10.2 Å². The molecule has 0 aliphatic carbocycles. The molecule has 1 aliphatic heterocycles. The Hall–Kier alpha value is -1.10. The molecule has 1 saturated heterocycles.